The summed E-state index contributed by atoms with van der Waals surface area (Å²) in [4.78, 5) is 45.9. The fraction of sp³-hybridized carbons (Fsp3) is 0.121. The van der Waals surface area contributed by atoms with E-state index in [1.54, 1.807) is 54.6 Å². The summed E-state index contributed by atoms with van der Waals surface area (Å²) in [6.45, 7) is 0. The summed E-state index contributed by atoms with van der Waals surface area (Å²) < 4.78 is 0.881. The van der Waals surface area contributed by atoms with Crippen LogP contribution in [-0.4, -0.2) is 29.4 Å². The average Bonchev–Trinajstić information content (AvgIpc) is 3.39. The standard InChI is InChI=1S/C33H20BrCl2NO3/c34-20-11-14-26-19(16-20)10-15-27-33(31(39)22-8-4-5-9-23(22)32(33)40)28(24-13-12-21(35)17-25(24)36)29(37(26)27)30(38)18-6-2-1-3-7-18/h1-17,27-29H/t27-,28+,29-/m1/s1. The second kappa shape index (κ2) is 9.27. The first-order chi connectivity index (χ1) is 19.3. The van der Waals surface area contributed by atoms with Gasteiger partial charge < -0.3 is 4.90 Å². The lowest BCUT2D eigenvalue weighted by Gasteiger charge is -2.37. The van der Waals surface area contributed by atoms with Crippen molar-refractivity contribution in [2.24, 2.45) is 5.41 Å². The minimum Gasteiger partial charge on any atom is -0.352 e. The lowest BCUT2D eigenvalue weighted by Crippen LogP contribution is -2.48. The molecular formula is C33H20BrCl2NO3. The maximum atomic E-state index is 14.6. The van der Waals surface area contributed by atoms with Crippen molar-refractivity contribution in [2.75, 3.05) is 4.90 Å². The third-order valence-electron chi connectivity index (χ3n) is 8.39. The average molecular weight is 629 g/mol. The maximum absolute atomic E-state index is 14.6. The van der Waals surface area contributed by atoms with Gasteiger partial charge in [-0.05, 0) is 41.5 Å². The smallest absolute Gasteiger partial charge is 0.185 e. The Hall–Kier alpha value is -3.51. The number of anilines is 1. The van der Waals surface area contributed by atoms with E-state index in [0.29, 0.717) is 32.3 Å². The van der Waals surface area contributed by atoms with Crippen LogP contribution in [0.4, 0.5) is 5.69 Å². The Bertz CT molecular complexity index is 1750. The molecule has 2 heterocycles. The van der Waals surface area contributed by atoms with Gasteiger partial charge in [0, 0.05) is 42.8 Å². The second-order valence-electron chi connectivity index (χ2n) is 10.3. The van der Waals surface area contributed by atoms with Gasteiger partial charge in [-0.15, -0.1) is 0 Å². The van der Waals surface area contributed by atoms with Crippen molar-refractivity contribution in [2.45, 2.75) is 18.0 Å². The Balaban J connectivity index is 1.57. The summed E-state index contributed by atoms with van der Waals surface area (Å²) >= 11 is 16.7. The zero-order valence-corrected chi connectivity index (χ0v) is 24.0. The van der Waals surface area contributed by atoms with Gasteiger partial charge in [-0.25, -0.2) is 0 Å². The van der Waals surface area contributed by atoms with E-state index in [4.69, 9.17) is 23.2 Å². The fourth-order valence-corrected chi connectivity index (χ4v) is 7.72. The zero-order chi connectivity index (χ0) is 27.8. The number of halogens is 3. The van der Waals surface area contributed by atoms with Gasteiger partial charge in [0.15, 0.2) is 17.3 Å². The fourth-order valence-electron chi connectivity index (χ4n) is 6.82. The lowest BCUT2D eigenvalue weighted by atomic mass is 9.64. The number of carbonyl (C=O) groups is 3. The highest BCUT2D eigenvalue weighted by molar-refractivity contribution is 9.10. The largest absolute Gasteiger partial charge is 0.352 e. The van der Waals surface area contributed by atoms with Crippen molar-refractivity contribution in [3.63, 3.8) is 0 Å². The molecule has 2 aliphatic heterocycles. The molecule has 4 aromatic rings. The molecule has 0 radical (unpaired) electrons. The Labute approximate surface area is 249 Å². The van der Waals surface area contributed by atoms with Crippen molar-refractivity contribution in [1.29, 1.82) is 0 Å². The third-order valence-corrected chi connectivity index (χ3v) is 9.45. The highest BCUT2D eigenvalue weighted by Gasteiger charge is 2.71. The molecule has 1 spiro atoms. The highest BCUT2D eigenvalue weighted by Crippen LogP contribution is 2.61. The van der Waals surface area contributed by atoms with Gasteiger partial charge in [-0.2, -0.15) is 0 Å². The molecule has 0 amide bonds. The van der Waals surface area contributed by atoms with Crippen LogP contribution in [0, 0.1) is 5.41 Å². The number of carbonyl (C=O) groups excluding carboxylic acids is 3. The number of Topliss-reactive ketones (excluding diaryl/α,β-unsaturated/α-hetero) is 3. The molecule has 7 heteroatoms. The van der Waals surface area contributed by atoms with Crippen molar-refractivity contribution >= 4 is 68.2 Å². The number of benzene rings is 4. The van der Waals surface area contributed by atoms with Crippen LogP contribution in [0.1, 0.15) is 48.1 Å². The number of rotatable bonds is 3. The van der Waals surface area contributed by atoms with Crippen LogP contribution in [0.3, 0.4) is 0 Å². The summed E-state index contributed by atoms with van der Waals surface area (Å²) in [6, 6.07) is 25.1. The van der Waals surface area contributed by atoms with Crippen molar-refractivity contribution in [3.8, 4) is 0 Å². The number of hydrogen-bond donors (Lipinski definition) is 0. The van der Waals surface area contributed by atoms with E-state index in [1.807, 2.05) is 53.5 Å². The lowest BCUT2D eigenvalue weighted by molar-refractivity contribution is 0.0666. The van der Waals surface area contributed by atoms with E-state index in [-0.39, 0.29) is 17.3 Å². The van der Waals surface area contributed by atoms with Crippen LogP contribution in [0.5, 0.6) is 0 Å². The molecule has 0 N–H and O–H groups in total. The quantitative estimate of drug-likeness (QED) is 0.170. The molecule has 1 saturated heterocycles. The van der Waals surface area contributed by atoms with E-state index in [0.717, 1.165) is 15.7 Å². The molecule has 0 saturated carbocycles. The van der Waals surface area contributed by atoms with Gasteiger partial charge in [0.05, 0.1) is 6.04 Å². The molecule has 1 fully saturated rings. The third kappa shape index (κ3) is 3.41. The molecule has 0 bridgehead atoms. The van der Waals surface area contributed by atoms with Crippen molar-refractivity contribution in [3.05, 3.63) is 139 Å². The Morgan fingerprint density at radius 2 is 1.50 bits per heavy atom. The van der Waals surface area contributed by atoms with E-state index < -0.39 is 23.4 Å². The minimum atomic E-state index is -1.61. The molecule has 196 valence electrons. The molecule has 4 aromatic carbocycles. The molecule has 0 aromatic heterocycles. The summed E-state index contributed by atoms with van der Waals surface area (Å²) in [5.41, 5.74) is 1.80. The summed E-state index contributed by atoms with van der Waals surface area (Å²) in [5.74, 6) is -1.68. The van der Waals surface area contributed by atoms with Gasteiger partial charge in [-0.3, -0.25) is 14.4 Å². The van der Waals surface area contributed by atoms with Crippen LogP contribution < -0.4 is 4.90 Å². The van der Waals surface area contributed by atoms with Gasteiger partial charge in [0.1, 0.15) is 11.5 Å². The monoisotopic (exact) mass is 627 g/mol. The van der Waals surface area contributed by atoms with E-state index in [9.17, 15) is 14.4 Å². The Morgan fingerprint density at radius 1 is 0.825 bits per heavy atom. The highest BCUT2D eigenvalue weighted by atomic mass is 79.9. The second-order valence-corrected chi connectivity index (χ2v) is 12.1. The molecule has 40 heavy (non-hydrogen) atoms. The van der Waals surface area contributed by atoms with Crippen LogP contribution in [0.15, 0.2) is 102 Å². The minimum absolute atomic E-state index is 0.195. The number of fused-ring (bicyclic) bond motifs is 5. The first kappa shape index (κ1) is 25.5. The number of hydrogen-bond acceptors (Lipinski definition) is 4. The van der Waals surface area contributed by atoms with E-state index in [2.05, 4.69) is 15.9 Å². The maximum Gasteiger partial charge on any atom is 0.185 e. The van der Waals surface area contributed by atoms with Crippen LogP contribution in [0.25, 0.3) is 6.08 Å². The van der Waals surface area contributed by atoms with Crippen molar-refractivity contribution < 1.29 is 14.4 Å². The number of ketones is 3. The van der Waals surface area contributed by atoms with E-state index >= 15 is 0 Å². The summed E-state index contributed by atoms with van der Waals surface area (Å²) in [5, 5.41) is 0.728. The normalized spacial score (nSPS) is 21.9. The molecule has 4 nitrogen and oxygen atoms in total. The van der Waals surface area contributed by atoms with Gasteiger partial charge in [0.25, 0.3) is 0 Å². The first-order valence-electron chi connectivity index (χ1n) is 12.8. The first-order valence-corrected chi connectivity index (χ1v) is 14.4. The molecule has 3 atom stereocenters. The predicted octanol–water partition coefficient (Wildman–Crippen LogP) is 8.07. The molecule has 0 unspecified atom stereocenters. The summed E-state index contributed by atoms with van der Waals surface area (Å²) in [6.07, 6.45) is 3.83. The topological polar surface area (TPSA) is 54.5 Å². The molecule has 7 rings (SSSR count). The van der Waals surface area contributed by atoms with Crippen LogP contribution in [0.2, 0.25) is 10.0 Å². The van der Waals surface area contributed by atoms with Gasteiger partial charge >= 0.3 is 0 Å². The van der Waals surface area contributed by atoms with E-state index in [1.165, 1.54) is 0 Å². The molecule has 3 aliphatic rings. The molecule has 1 aliphatic carbocycles. The Kier molecular flexibility index (Phi) is 5.90. The molecular weight excluding hydrogens is 609 g/mol. The predicted molar refractivity (Wildman–Crippen MR) is 161 cm³/mol. The van der Waals surface area contributed by atoms with Crippen molar-refractivity contribution in [1.82, 2.24) is 0 Å². The zero-order valence-electron chi connectivity index (χ0n) is 20.9. The summed E-state index contributed by atoms with van der Waals surface area (Å²) in [7, 11) is 0. The van der Waals surface area contributed by atoms with Gasteiger partial charge in [0.2, 0.25) is 0 Å². The Morgan fingerprint density at radius 3 is 2.17 bits per heavy atom. The van der Waals surface area contributed by atoms with Crippen LogP contribution >= 0.6 is 39.1 Å². The van der Waals surface area contributed by atoms with Crippen LogP contribution in [-0.2, 0) is 0 Å². The number of nitrogens with zero attached hydrogens (tertiary/aromatic N) is 1. The van der Waals surface area contributed by atoms with Gasteiger partial charge in [-0.1, -0.05) is 112 Å². The SMILES string of the molecule is O=C(c1ccccc1)[C@H]1[C@H](c2ccc(Cl)cc2Cl)C2(C(=O)c3ccccc3C2=O)[C@H]2C=Cc3cc(Br)ccc3N12.